The first kappa shape index (κ1) is 19.7. The molecule has 0 aliphatic carbocycles. The number of anilines is 1. The minimum Gasteiger partial charge on any atom is -0.339 e. The highest BCUT2D eigenvalue weighted by molar-refractivity contribution is 5.96. The Hall–Kier alpha value is -1.59. The molecule has 1 aromatic rings. The summed E-state index contributed by atoms with van der Waals surface area (Å²) in [6.07, 6.45) is 4.87. The van der Waals surface area contributed by atoms with Crippen molar-refractivity contribution in [2.75, 3.05) is 25.0 Å². The molecule has 2 aliphatic rings. The van der Waals surface area contributed by atoms with Crippen molar-refractivity contribution in [3.05, 3.63) is 29.8 Å². The summed E-state index contributed by atoms with van der Waals surface area (Å²) in [6.45, 7) is 4.92. The molecule has 2 fully saturated rings. The third-order valence-electron chi connectivity index (χ3n) is 5.08. The summed E-state index contributed by atoms with van der Waals surface area (Å²) in [4.78, 5) is 26.5. The van der Waals surface area contributed by atoms with Gasteiger partial charge in [0.1, 0.15) is 0 Å². The van der Waals surface area contributed by atoms with Gasteiger partial charge in [-0.15, -0.1) is 12.4 Å². The molecule has 0 bridgehead atoms. The Kier molecular flexibility index (Phi) is 7.26. The minimum absolute atomic E-state index is 0. The Balaban J connectivity index is 0.00000225. The fourth-order valence-electron chi connectivity index (χ4n) is 3.46. The van der Waals surface area contributed by atoms with Gasteiger partial charge in [0.2, 0.25) is 5.91 Å². The molecule has 1 atom stereocenters. The van der Waals surface area contributed by atoms with Gasteiger partial charge in [-0.3, -0.25) is 9.59 Å². The molecule has 2 N–H and O–H groups in total. The maximum absolute atomic E-state index is 12.5. The number of benzene rings is 1. The molecule has 25 heavy (non-hydrogen) atoms. The molecule has 0 aromatic heterocycles. The smallest absolute Gasteiger partial charge is 0.253 e. The van der Waals surface area contributed by atoms with Gasteiger partial charge in [0.05, 0.1) is 0 Å². The zero-order valence-corrected chi connectivity index (χ0v) is 15.6. The molecule has 3 rings (SSSR count). The molecule has 138 valence electrons. The van der Waals surface area contributed by atoms with Gasteiger partial charge in [-0.1, -0.05) is 6.92 Å². The number of hydrogen-bond donors (Lipinski definition) is 2. The molecule has 1 unspecified atom stereocenters. The molecule has 0 radical (unpaired) electrons. The average Bonchev–Trinajstić information content (AvgIpc) is 3.08. The molecule has 6 heteroatoms. The third kappa shape index (κ3) is 5.44. The summed E-state index contributed by atoms with van der Waals surface area (Å²) in [5.41, 5.74) is 1.45. The Bertz CT molecular complexity index is 577. The van der Waals surface area contributed by atoms with E-state index in [1.54, 1.807) is 0 Å². The van der Waals surface area contributed by atoms with E-state index in [-0.39, 0.29) is 24.2 Å². The van der Waals surface area contributed by atoms with Crippen LogP contribution in [-0.2, 0) is 4.79 Å². The molecule has 0 spiro atoms. The van der Waals surface area contributed by atoms with Crippen molar-refractivity contribution in [1.29, 1.82) is 0 Å². The largest absolute Gasteiger partial charge is 0.339 e. The van der Waals surface area contributed by atoms with Crippen LogP contribution in [0.2, 0.25) is 0 Å². The number of carbonyl (C=O) groups is 2. The molecular formula is C19H28ClN3O2. The van der Waals surface area contributed by atoms with Crippen LogP contribution in [0.3, 0.4) is 0 Å². The lowest BCUT2D eigenvalue weighted by atomic mass is 9.98. The molecule has 2 amide bonds. The molecular weight excluding hydrogens is 338 g/mol. The van der Waals surface area contributed by atoms with Gasteiger partial charge < -0.3 is 15.5 Å². The first-order chi connectivity index (χ1) is 11.6. The second-order valence-corrected chi connectivity index (χ2v) is 7.10. The predicted octanol–water partition coefficient (Wildman–Crippen LogP) is 3.06. The molecule has 2 saturated heterocycles. The van der Waals surface area contributed by atoms with E-state index in [0.717, 1.165) is 51.0 Å². The molecule has 2 heterocycles. The number of piperidine rings is 1. The summed E-state index contributed by atoms with van der Waals surface area (Å²) in [5, 5.41) is 6.24. The van der Waals surface area contributed by atoms with Crippen LogP contribution in [0.1, 0.15) is 49.4 Å². The lowest BCUT2D eigenvalue weighted by Crippen LogP contribution is -2.37. The first-order valence-electron chi connectivity index (χ1n) is 9.04. The van der Waals surface area contributed by atoms with Crippen LogP contribution in [0, 0.1) is 5.92 Å². The van der Waals surface area contributed by atoms with Crippen LogP contribution in [-0.4, -0.2) is 42.4 Å². The normalized spacial score (nSPS) is 20.8. The van der Waals surface area contributed by atoms with Gasteiger partial charge in [-0.25, -0.2) is 0 Å². The van der Waals surface area contributed by atoms with E-state index in [0.29, 0.717) is 23.9 Å². The number of nitrogens with zero attached hydrogens (tertiary/aromatic N) is 1. The van der Waals surface area contributed by atoms with Gasteiger partial charge >= 0.3 is 0 Å². The molecule has 5 nitrogen and oxygen atoms in total. The van der Waals surface area contributed by atoms with Crippen molar-refractivity contribution in [3.63, 3.8) is 0 Å². The number of carbonyl (C=O) groups excluding carboxylic acids is 2. The number of nitrogens with one attached hydrogen (secondary N) is 2. The van der Waals surface area contributed by atoms with Gasteiger partial charge in [-0.05, 0) is 62.4 Å². The number of halogens is 1. The quantitative estimate of drug-likeness (QED) is 0.862. The van der Waals surface area contributed by atoms with Crippen molar-refractivity contribution in [2.45, 2.75) is 45.1 Å². The Morgan fingerprint density at radius 1 is 1.16 bits per heavy atom. The van der Waals surface area contributed by atoms with E-state index in [1.165, 1.54) is 0 Å². The maximum atomic E-state index is 12.5. The number of amides is 2. The Labute approximate surface area is 155 Å². The van der Waals surface area contributed by atoms with Crippen molar-refractivity contribution in [2.24, 2.45) is 5.92 Å². The van der Waals surface area contributed by atoms with Gasteiger partial charge in [0.25, 0.3) is 5.91 Å². The number of likely N-dealkylation sites (tertiary alicyclic amines) is 1. The fraction of sp³-hybridized carbons (Fsp3) is 0.579. The first-order valence-corrected chi connectivity index (χ1v) is 9.04. The number of rotatable bonds is 4. The summed E-state index contributed by atoms with van der Waals surface area (Å²) < 4.78 is 0. The Morgan fingerprint density at radius 2 is 1.84 bits per heavy atom. The highest BCUT2D eigenvalue weighted by Gasteiger charge is 2.21. The standard InChI is InChI=1S/C19H27N3O2.ClH/c1-14-8-11-22(12-9-14)19(24)15-4-6-16(7-5-15)21-18(23)13-17-3-2-10-20-17;/h4-7,14,17,20H,2-3,8-13H2,1H3,(H,21,23);1H. The van der Waals surface area contributed by atoms with Crippen molar-refractivity contribution in [1.82, 2.24) is 10.2 Å². The van der Waals surface area contributed by atoms with Crippen molar-refractivity contribution >= 4 is 29.9 Å². The zero-order valence-electron chi connectivity index (χ0n) is 14.8. The van der Waals surface area contributed by atoms with E-state index >= 15 is 0 Å². The SMILES string of the molecule is CC1CCN(C(=O)c2ccc(NC(=O)CC3CCCN3)cc2)CC1.Cl. The maximum Gasteiger partial charge on any atom is 0.253 e. The summed E-state index contributed by atoms with van der Waals surface area (Å²) >= 11 is 0. The van der Waals surface area contributed by atoms with Gasteiger partial charge in [-0.2, -0.15) is 0 Å². The minimum atomic E-state index is 0. The van der Waals surface area contributed by atoms with Crippen LogP contribution in [0.15, 0.2) is 24.3 Å². The van der Waals surface area contributed by atoms with Gasteiger partial charge in [0.15, 0.2) is 0 Å². The van der Waals surface area contributed by atoms with E-state index in [9.17, 15) is 9.59 Å². The topological polar surface area (TPSA) is 61.4 Å². The highest BCUT2D eigenvalue weighted by atomic mass is 35.5. The summed E-state index contributed by atoms with van der Waals surface area (Å²) in [7, 11) is 0. The van der Waals surface area contributed by atoms with Crippen LogP contribution in [0.5, 0.6) is 0 Å². The molecule has 2 aliphatic heterocycles. The molecule has 0 saturated carbocycles. The zero-order chi connectivity index (χ0) is 16.9. The summed E-state index contributed by atoms with van der Waals surface area (Å²) in [5.74, 6) is 0.828. The number of hydrogen-bond acceptors (Lipinski definition) is 3. The molecule has 1 aromatic carbocycles. The van der Waals surface area contributed by atoms with Crippen molar-refractivity contribution < 1.29 is 9.59 Å². The van der Waals surface area contributed by atoms with Crippen LogP contribution < -0.4 is 10.6 Å². The van der Waals surface area contributed by atoms with Crippen LogP contribution in [0.4, 0.5) is 5.69 Å². The average molecular weight is 366 g/mol. The second kappa shape index (κ2) is 9.20. The highest BCUT2D eigenvalue weighted by Crippen LogP contribution is 2.19. The van der Waals surface area contributed by atoms with E-state index in [4.69, 9.17) is 0 Å². The third-order valence-corrected chi connectivity index (χ3v) is 5.08. The van der Waals surface area contributed by atoms with Gasteiger partial charge in [0, 0.05) is 36.8 Å². The fourth-order valence-corrected chi connectivity index (χ4v) is 3.46. The van der Waals surface area contributed by atoms with E-state index in [1.807, 2.05) is 29.2 Å². The lowest BCUT2D eigenvalue weighted by molar-refractivity contribution is -0.116. The predicted molar refractivity (Wildman–Crippen MR) is 102 cm³/mol. The van der Waals surface area contributed by atoms with Crippen LogP contribution in [0.25, 0.3) is 0 Å². The summed E-state index contributed by atoms with van der Waals surface area (Å²) in [6, 6.07) is 7.56. The Morgan fingerprint density at radius 3 is 2.44 bits per heavy atom. The monoisotopic (exact) mass is 365 g/mol. The van der Waals surface area contributed by atoms with Crippen LogP contribution >= 0.6 is 12.4 Å². The second-order valence-electron chi connectivity index (χ2n) is 7.10. The van der Waals surface area contributed by atoms with Crippen molar-refractivity contribution in [3.8, 4) is 0 Å². The van der Waals surface area contributed by atoms with E-state index in [2.05, 4.69) is 17.6 Å². The van der Waals surface area contributed by atoms with E-state index < -0.39 is 0 Å². The lowest BCUT2D eigenvalue weighted by Gasteiger charge is -2.30.